The van der Waals surface area contributed by atoms with Crippen molar-refractivity contribution >= 4 is 17.5 Å². The van der Waals surface area contributed by atoms with Gasteiger partial charge >= 0.3 is 0 Å². The van der Waals surface area contributed by atoms with Gasteiger partial charge in [-0.15, -0.1) is 11.6 Å². The zero-order chi connectivity index (χ0) is 13.9. The van der Waals surface area contributed by atoms with E-state index >= 15 is 0 Å². The maximum absolute atomic E-state index is 12.8. The summed E-state index contributed by atoms with van der Waals surface area (Å²) in [5, 5.41) is 0. The quantitative estimate of drug-likeness (QED) is 0.747. The first-order valence-electron chi connectivity index (χ1n) is 7.75. The second-order valence-corrected chi connectivity index (χ2v) is 6.35. The summed E-state index contributed by atoms with van der Waals surface area (Å²) in [6.07, 6.45) is 7.55. The minimum atomic E-state index is 0.202. The average Bonchev–Trinajstić information content (AvgIpc) is 2.53. The van der Waals surface area contributed by atoms with Gasteiger partial charge in [-0.3, -0.25) is 4.79 Å². The number of fused-ring (bicyclic) bond motifs is 1. The third kappa shape index (κ3) is 2.71. The molecule has 108 valence electrons. The molecule has 0 aromatic heterocycles. The molecule has 0 bridgehead atoms. The Morgan fingerprint density at radius 2 is 2.00 bits per heavy atom. The molecule has 1 amide bonds. The molecule has 1 aromatic carbocycles. The number of rotatable bonds is 2. The van der Waals surface area contributed by atoms with Crippen molar-refractivity contribution in [3.8, 4) is 0 Å². The van der Waals surface area contributed by atoms with Crippen molar-refractivity contribution in [2.24, 2.45) is 5.92 Å². The van der Waals surface area contributed by atoms with E-state index < -0.39 is 0 Å². The Balaban J connectivity index is 1.81. The number of halogens is 1. The predicted molar refractivity (Wildman–Crippen MR) is 82.0 cm³/mol. The minimum absolute atomic E-state index is 0.202. The van der Waals surface area contributed by atoms with Crippen LogP contribution in [0.2, 0.25) is 0 Å². The normalized spacial score (nSPS) is 26.1. The lowest BCUT2D eigenvalue weighted by Crippen LogP contribution is -2.49. The Kier molecular flexibility index (Phi) is 4.30. The van der Waals surface area contributed by atoms with Crippen molar-refractivity contribution in [3.05, 3.63) is 35.4 Å². The maximum atomic E-state index is 12.8. The van der Waals surface area contributed by atoms with Crippen molar-refractivity contribution < 1.29 is 4.79 Å². The summed E-state index contributed by atoms with van der Waals surface area (Å²) < 4.78 is 0. The topological polar surface area (TPSA) is 20.3 Å². The zero-order valence-corrected chi connectivity index (χ0v) is 12.6. The first-order valence-corrected chi connectivity index (χ1v) is 8.29. The van der Waals surface area contributed by atoms with Crippen LogP contribution in [0, 0.1) is 5.92 Å². The van der Waals surface area contributed by atoms with Gasteiger partial charge in [0.05, 0.1) is 0 Å². The second kappa shape index (κ2) is 6.17. The fourth-order valence-electron chi connectivity index (χ4n) is 3.83. The lowest BCUT2D eigenvalue weighted by atomic mass is 9.78. The van der Waals surface area contributed by atoms with Crippen LogP contribution in [-0.4, -0.2) is 23.4 Å². The van der Waals surface area contributed by atoms with E-state index in [9.17, 15) is 4.79 Å². The monoisotopic (exact) mass is 291 g/mol. The largest absolute Gasteiger partial charge is 0.335 e. The molecule has 0 radical (unpaired) electrons. The highest BCUT2D eigenvalue weighted by atomic mass is 35.5. The Morgan fingerprint density at radius 3 is 2.85 bits per heavy atom. The Labute approximate surface area is 126 Å². The van der Waals surface area contributed by atoms with Gasteiger partial charge in [0.2, 0.25) is 0 Å². The summed E-state index contributed by atoms with van der Waals surface area (Å²) in [4.78, 5) is 14.9. The first kappa shape index (κ1) is 13.9. The van der Waals surface area contributed by atoms with Crippen molar-refractivity contribution in [2.75, 3.05) is 6.54 Å². The van der Waals surface area contributed by atoms with E-state index in [1.807, 2.05) is 24.3 Å². The van der Waals surface area contributed by atoms with E-state index in [-0.39, 0.29) is 5.91 Å². The molecular weight excluding hydrogens is 270 g/mol. The molecule has 2 unspecified atom stereocenters. The van der Waals surface area contributed by atoms with Crippen LogP contribution in [0.25, 0.3) is 0 Å². The van der Waals surface area contributed by atoms with Gasteiger partial charge in [0.25, 0.3) is 5.91 Å². The molecule has 1 saturated carbocycles. The Bertz CT molecular complexity index is 486. The van der Waals surface area contributed by atoms with Crippen LogP contribution < -0.4 is 0 Å². The minimum Gasteiger partial charge on any atom is -0.335 e. The van der Waals surface area contributed by atoms with Crippen molar-refractivity contribution in [1.29, 1.82) is 0 Å². The molecule has 20 heavy (non-hydrogen) atoms. The van der Waals surface area contributed by atoms with Crippen LogP contribution in [0.5, 0.6) is 0 Å². The molecule has 0 spiro atoms. The number of alkyl halides is 1. The molecule has 2 atom stereocenters. The van der Waals surface area contributed by atoms with Gasteiger partial charge in [0, 0.05) is 24.0 Å². The van der Waals surface area contributed by atoms with Crippen molar-refractivity contribution in [2.45, 2.75) is 50.4 Å². The van der Waals surface area contributed by atoms with Crippen molar-refractivity contribution in [3.63, 3.8) is 0 Å². The summed E-state index contributed by atoms with van der Waals surface area (Å²) in [6, 6.07) is 8.26. The number of nitrogens with zero attached hydrogens (tertiary/aromatic N) is 1. The molecule has 1 aliphatic carbocycles. The molecule has 1 heterocycles. The second-order valence-electron chi connectivity index (χ2n) is 6.09. The molecule has 2 nitrogen and oxygen atoms in total. The molecule has 2 fully saturated rings. The molecule has 3 heteroatoms. The van der Waals surface area contributed by atoms with Gasteiger partial charge < -0.3 is 4.90 Å². The number of carbonyl (C=O) groups is 1. The fraction of sp³-hybridized carbons (Fsp3) is 0.588. The molecule has 1 aliphatic heterocycles. The highest BCUT2D eigenvalue weighted by molar-refractivity contribution is 6.17. The molecular formula is C17H22ClNO. The molecule has 2 aliphatic rings. The number of benzene rings is 1. The van der Waals surface area contributed by atoms with Crippen LogP contribution >= 0.6 is 11.6 Å². The molecule has 3 rings (SSSR count). The first-order chi connectivity index (χ1) is 9.79. The van der Waals surface area contributed by atoms with Gasteiger partial charge in [-0.25, -0.2) is 0 Å². The smallest absolute Gasteiger partial charge is 0.254 e. The number of carbonyl (C=O) groups excluding carboxylic acids is 1. The lowest BCUT2D eigenvalue weighted by Gasteiger charge is -2.44. The SMILES string of the molecule is O=C(c1cccc(CCl)c1)N1CCCC2CCCCC21. The van der Waals surface area contributed by atoms with Crippen LogP contribution in [0.15, 0.2) is 24.3 Å². The zero-order valence-electron chi connectivity index (χ0n) is 11.9. The summed E-state index contributed by atoms with van der Waals surface area (Å²) in [6.45, 7) is 0.922. The number of amides is 1. The average molecular weight is 292 g/mol. The van der Waals surface area contributed by atoms with Crippen molar-refractivity contribution in [1.82, 2.24) is 4.90 Å². The number of hydrogen-bond donors (Lipinski definition) is 0. The maximum Gasteiger partial charge on any atom is 0.254 e. The van der Waals surface area contributed by atoms with Gasteiger partial charge in [0.15, 0.2) is 0 Å². The van der Waals surface area contributed by atoms with Crippen LogP contribution in [-0.2, 0) is 5.88 Å². The molecule has 1 aromatic rings. The number of likely N-dealkylation sites (tertiary alicyclic amines) is 1. The van der Waals surface area contributed by atoms with Crippen LogP contribution in [0.4, 0.5) is 0 Å². The molecule has 1 saturated heterocycles. The van der Waals surface area contributed by atoms with Gasteiger partial charge in [-0.05, 0) is 49.3 Å². The predicted octanol–water partition coefficient (Wildman–Crippen LogP) is 4.22. The van der Waals surface area contributed by atoms with E-state index in [0.29, 0.717) is 11.9 Å². The van der Waals surface area contributed by atoms with E-state index in [0.717, 1.165) is 30.0 Å². The van der Waals surface area contributed by atoms with Gasteiger partial charge in [-0.1, -0.05) is 25.0 Å². The van der Waals surface area contributed by atoms with E-state index in [1.165, 1.54) is 32.1 Å². The Hall–Kier alpha value is -1.02. The van der Waals surface area contributed by atoms with Crippen LogP contribution in [0.3, 0.4) is 0 Å². The third-order valence-corrected chi connectivity index (χ3v) is 5.14. The van der Waals surface area contributed by atoms with E-state index in [4.69, 9.17) is 11.6 Å². The Morgan fingerprint density at radius 1 is 1.20 bits per heavy atom. The fourth-order valence-corrected chi connectivity index (χ4v) is 4.00. The standard InChI is InChI=1S/C17H22ClNO/c18-12-13-5-3-7-15(11-13)17(20)19-10-4-8-14-6-1-2-9-16(14)19/h3,5,7,11,14,16H,1-2,4,6,8-10,12H2. The van der Waals surface area contributed by atoms with E-state index in [1.54, 1.807) is 0 Å². The van der Waals surface area contributed by atoms with Gasteiger partial charge in [-0.2, -0.15) is 0 Å². The van der Waals surface area contributed by atoms with Crippen LogP contribution in [0.1, 0.15) is 54.4 Å². The van der Waals surface area contributed by atoms with E-state index in [2.05, 4.69) is 4.90 Å². The summed E-state index contributed by atoms with van der Waals surface area (Å²) >= 11 is 5.88. The lowest BCUT2D eigenvalue weighted by molar-refractivity contribution is 0.0390. The molecule has 0 N–H and O–H groups in total. The highest BCUT2D eigenvalue weighted by Gasteiger charge is 2.35. The third-order valence-electron chi connectivity index (χ3n) is 4.83. The summed E-state index contributed by atoms with van der Waals surface area (Å²) in [5.74, 6) is 1.40. The number of hydrogen-bond acceptors (Lipinski definition) is 1. The number of piperidine rings is 1. The highest BCUT2D eigenvalue weighted by Crippen LogP contribution is 2.35. The van der Waals surface area contributed by atoms with Gasteiger partial charge in [0.1, 0.15) is 0 Å². The summed E-state index contributed by atoms with van der Waals surface area (Å²) in [5.41, 5.74) is 1.82. The summed E-state index contributed by atoms with van der Waals surface area (Å²) in [7, 11) is 0.